The Kier molecular flexibility index (Phi) is 5.31. The standard InChI is InChI=1S/C22H22FN5O2/c1-14-25-26-21(27(14)2)20(15-8-4-3-5-9-15)24-22(30)16-12-19(29)28(13-16)18-11-7-6-10-17(18)23/h3-11,16,20H,12-13H2,1-2H3,(H,24,30)/t16-,20+/m0/s1. The highest BCUT2D eigenvalue weighted by Gasteiger charge is 2.37. The third kappa shape index (κ3) is 3.68. The predicted molar refractivity (Wildman–Crippen MR) is 109 cm³/mol. The largest absolute Gasteiger partial charge is 0.342 e. The minimum absolute atomic E-state index is 0.0273. The lowest BCUT2D eigenvalue weighted by Crippen LogP contribution is -2.37. The van der Waals surface area contributed by atoms with Gasteiger partial charge in [0.05, 0.1) is 11.6 Å². The molecule has 0 bridgehead atoms. The van der Waals surface area contributed by atoms with Gasteiger partial charge in [-0.25, -0.2) is 4.39 Å². The van der Waals surface area contributed by atoms with Gasteiger partial charge in [0.15, 0.2) is 5.82 Å². The maximum absolute atomic E-state index is 14.1. The van der Waals surface area contributed by atoms with Gasteiger partial charge < -0.3 is 14.8 Å². The summed E-state index contributed by atoms with van der Waals surface area (Å²) in [6.07, 6.45) is 0.0273. The number of carbonyl (C=O) groups excluding carboxylic acids is 2. The van der Waals surface area contributed by atoms with Crippen molar-refractivity contribution in [2.24, 2.45) is 13.0 Å². The van der Waals surface area contributed by atoms with Crippen molar-refractivity contribution in [3.05, 3.63) is 77.6 Å². The molecule has 0 radical (unpaired) electrons. The molecule has 1 saturated heterocycles. The molecule has 8 heteroatoms. The van der Waals surface area contributed by atoms with E-state index in [1.807, 2.05) is 48.9 Å². The van der Waals surface area contributed by atoms with E-state index in [1.165, 1.54) is 11.0 Å². The van der Waals surface area contributed by atoms with E-state index < -0.39 is 17.8 Å². The van der Waals surface area contributed by atoms with E-state index in [1.54, 1.807) is 18.2 Å². The number of rotatable bonds is 5. The van der Waals surface area contributed by atoms with Crippen LogP contribution in [-0.4, -0.2) is 33.1 Å². The monoisotopic (exact) mass is 407 g/mol. The number of hydrogen-bond donors (Lipinski definition) is 1. The topological polar surface area (TPSA) is 80.1 Å². The molecule has 30 heavy (non-hydrogen) atoms. The second-order valence-electron chi connectivity index (χ2n) is 7.37. The van der Waals surface area contributed by atoms with Crippen molar-refractivity contribution in [1.29, 1.82) is 0 Å². The van der Waals surface area contributed by atoms with Gasteiger partial charge in [-0.2, -0.15) is 0 Å². The molecule has 0 aliphatic carbocycles. The molecule has 0 saturated carbocycles. The number of anilines is 1. The fraction of sp³-hybridized carbons (Fsp3) is 0.273. The number of para-hydroxylation sites is 1. The molecule has 1 aliphatic heterocycles. The van der Waals surface area contributed by atoms with Gasteiger partial charge in [-0.15, -0.1) is 10.2 Å². The minimum Gasteiger partial charge on any atom is -0.342 e. The van der Waals surface area contributed by atoms with Crippen LogP contribution in [-0.2, 0) is 16.6 Å². The fourth-order valence-electron chi connectivity index (χ4n) is 3.66. The Morgan fingerprint density at radius 1 is 1.13 bits per heavy atom. The van der Waals surface area contributed by atoms with Crippen molar-refractivity contribution in [3.63, 3.8) is 0 Å². The van der Waals surface area contributed by atoms with E-state index in [0.29, 0.717) is 5.82 Å². The summed E-state index contributed by atoms with van der Waals surface area (Å²) in [5, 5.41) is 11.3. The first kappa shape index (κ1) is 19.8. The van der Waals surface area contributed by atoms with Crippen molar-refractivity contribution in [2.45, 2.75) is 19.4 Å². The molecule has 1 N–H and O–H groups in total. The molecule has 2 atom stereocenters. The quantitative estimate of drug-likeness (QED) is 0.705. The normalized spacial score (nSPS) is 17.2. The van der Waals surface area contributed by atoms with E-state index in [9.17, 15) is 14.0 Å². The average Bonchev–Trinajstić information content (AvgIpc) is 3.30. The van der Waals surface area contributed by atoms with Gasteiger partial charge in [0, 0.05) is 20.0 Å². The fourth-order valence-corrected chi connectivity index (χ4v) is 3.66. The Morgan fingerprint density at radius 3 is 2.50 bits per heavy atom. The first-order chi connectivity index (χ1) is 14.5. The van der Waals surface area contributed by atoms with Gasteiger partial charge in [-0.1, -0.05) is 42.5 Å². The molecule has 1 aliphatic rings. The zero-order valence-corrected chi connectivity index (χ0v) is 16.7. The van der Waals surface area contributed by atoms with E-state index in [4.69, 9.17) is 0 Å². The number of carbonyl (C=O) groups is 2. The van der Waals surface area contributed by atoms with Crippen molar-refractivity contribution in [2.75, 3.05) is 11.4 Å². The van der Waals surface area contributed by atoms with Gasteiger partial charge in [0.25, 0.3) is 0 Å². The number of aryl methyl sites for hydroxylation is 1. The van der Waals surface area contributed by atoms with Gasteiger partial charge >= 0.3 is 0 Å². The first-order valence-electron chi connectivity index (χ1n) is 9.72. The van der Waals surface area contributed by atoms with E-state index >= 15 is 0 Å². The van der Waals surface area contributed by atoms with Crippen LogP contribution < -0.4 is 10.2 Å². The molecule has 1 fully saturated rings. The molecule has 7 nitrogen and oxygen atoms in total. The summed E-state index contributed by atoms with van der Waals surface area (Å²) < 4.78 is 16.0. The lowest BCUT2D eigenvalue weighted by Gasteiger charge is -2.21. The van der Waals surface area contributed by atoms with Crippen molar-refractivity contribution in [1.82, 2.24) is 20.1 Å². The lowest BCUT2D eigenvalue weighted by atomic mass is 10.0. The Morgan fingerprint density at radius 2 is 1.83 bits per heavy atom. The van der Waals surface area contributed by atoms with E-state index in [2.05, 4.69) is 15.5 Å². The van der Waals surface area contributed by atoms with Gasteiger partial charge in [-0.05, 0) is 24.6 Å². The summed E-state index contributed by atoms with van der Waals surface area (Å²) in [4.78, 5) is 26.9. The van der Waals surface area contributed by atoms with Gasteiger partial charge in [-0.3, -0.25) is 9.59 Å². The third-order valence-corrected chi connectivity index (χ3v) is 5.44. The number of benzene rings is 2. The lowest BCUT2D eigenvalue weighted by molar-refractivity contribution is -0.126. The molecule has 2 amide bonds. The molecule has 1 aromatic heterocycles. The molecular weight excluding hydrogens is 385 g/mol. The Hall–Kier alpha value is -3.55. The van der Waals surface area contributed by atoms with Crippen LogP contribution in [0.5, 0.6) is 0 Å². The molecule has 154 valence electrons. The summed E-state index contributed by atoms with van der Waals surface area (Å²) in [7, 11) is 1.84. The number of hydrogen-bond acceptors (Lipinski definition) is 4. The smallest absolute Gasteiger partial charge is 0.227 e. The molecule has 3 aromatic rings. The molecule has 0 unspecified atom stereocenters. The zero-order chi connectivity index (χ0) is 21.3. The zero-order valence-electron chi connectivity index (χ0n) is 16.7. The average molecular weight is 407 g/mol. The van der Waals surface area contributed by atoms with Crippen molar-refractivity contribution >= 4 is 17.5 Å². The van der Waals surface area contributed by atoms with Crippen LogP contribution in [0, 0.1) is 18.7 Å². The molecule has 0 spiro atoms. The Labute approximate surface area is 173 Å². The SMILES string of the molecule is Cc1nnc([C@H](NC(=O)[C@H]2CC(=O)N(c3ccccc3F)C2)c2ccccc2)n1C. The maximum Gasteiger partial charge on any atom is 0.227 e. The van der Waals surface area contributed by atoms with Gasteiger partial charge in [0.2, 0.25) is 11.8 Å². The molecule has 2 heterocycles. The highest BCUT2D eigenvalue weighted by molar-refractivity contribution is 6.00. The highest BCUT2D eigenvalue weighted by atomic mass is 19.1. The summed E-state index contributed by atoms with van der Waals surface area (Å²) >= 11 is 0. The van der Waals surface area contributed by atoms with Crippen LogP contribution in [0.4, 0.5) is 10.1 Å². The third-order valence-electron chi connectivity index (χ3n) is 5.44. The van der Waals surface area contributed by atoms with Crippen LogP contribution in [0.25, 0.3) is 0 Å². The number of halogens is 1. The van der Waals surface area contributed by atoms with Crippen molar-refractivity contribution < 1.29 is 14.0 Å². The minimum atomic E-state index is -0.586. The summed E-state index contributed by atoms with van der Waals surface area (Å²) in [5.41, 5.74) is 1.05. The molecular formula is C22H22FN5O2. The van der Waals surface area contributed by atoms with Crippen LogP contribution in [0.3, 0.4) is 0 Å². The first-order valence-corrected chi connectivity index (χ1v) is 9.72. The van der Waals surface area contributed by atoms with Crippen LogP contribution in [0.1, 0.15) is 29.7 Å². The van der Waals surface area contributed by atoms with Crippen LogP contribution >= 0.6 is 0 Å². The molecule has 2 aromatic carbocycles. The Balaban J connectivity index is 1.57. The highest BCUT2D eigenvalue weighted by Crippen LogP contribution is 2.28. The number of nitrogens with zero attached hydrogens (tertiary/aromatic N) is 4. The second kappa shape index (κ2) is 8.06. The van der Waals surface area contributed by atoms with Crippen LogP contribution in [0.15, 0.2) is 54.6 Å². The van der Waals surface area contributed by atoms with Gasteiger partial charge in [0.1, 0.15) is 17.7 Å². The van der Waals surface area contributed by atoms with E-state index in [0.717, 1.165) is 11.4 Å². The van der Waals surface area contributed by atoms with Crippen LogP contribution in [0.2, 0.25) is 0 Å². The van der Waals surface area contributed by atoms with E-state index in [-0.39, 0.29) is 30.5 Å². The molecule has 4 rings (SSSR count). The summed E-state index contributed by atoms with van der Waals surface area (Å²) in [5.74, 6) is -0.298. The maximum atomic E-state index is 14.1. The summed E-state index contributed by atoms with van der Waals surface area (Å²) in [6.45, 7) is 1.97. The predicted octanol–water partition coefficient (Wildman–Crippen LogP) is 2.52. The summed E-state index contributed by atoms with van der Waals surface area (Å²) in [6, 6.07) is 15.0. The van der Waals surface area contributed by atoms with Crippen molar-refractivity contribution in [3.8, 4) is 0 Å². The number of nitrogens with one attached hydrogen (secondary N) is 1. The number of amides is 2. The number of aromatic nitrogens is 3. The Bertz CT molecular complexity index is 1080. The second-order valence-corrected chi connectivity index (χ2v) is 7.37.